The predicted molar refractivity (Wildman–Crippen MR) is 136 cm³/mol. The van der Waals surface area contributed by atoms with Gasteiger partial charge in [-0.05, 0) is 67.5 Å². The molecule has 10 heteroatoms. The number of ether oxygens (including phenoxy) is 1. The highest BCUT2D eigenvalue weighted by Gasteiger charge is 2.32. The van der Waals surface area contributed by atoms with Gasteiger partial charge in [0.05, 0.1) is 12.7 Å². The van der Waals surface area contributed by atoms with E-state index < -0.39 is 26.8 Å². The molecule has 0 saturated carbocycles. The number of alkyl halides is 3. The maximum absolute atomic E-state index is 13.1. The average Bonchev–Trinajstić information content (AvgIpc) is 2.75. The van der Waals surface area contributed by atoms with Crippen LogP contribution in [0.5, 0.6) is 11.5 Å². The van der Waals surface area contributed by atoms with Gasteiger partial charge in [0.2, 0.25) is 5.91 Å². The Balaban J connectivity index is 2.31. The number of rotatable bonds is 10. The Morgan fingerprint density at radius 3 is 2.19 bits per heavy atom. The largest absolute Gasteiger partial charge is 0.493 e. The van der Waals surface area contributed by atoms with E-state index >= 15 is 0 Å². The normalized spacial score (nSPS) is 13.4. The lowest BCUT2D eigenvalue weighted by molar-refractivity contribution is -0.138. The second-order valence-electron chi connectivity index (χ2n) is 10.7. The minimum absolute atomic E-state index is 0.0263. The minimum Gasteiger partial charge on any atom is -0.493 e. The molecule has 2 rings (SSSR count). The molecule has 2 aromatic rings. The molecule has 1 amide bonds. The Bertz CT molecular complexity index is 1190. The molecule has 1 atom stereocenters. The highest BCUT2D eigenvalue weighted by molar-refractivity contribution is 7.87. The van der Waals surface area contributed by atoms with Gasteiger partial charge in [-0.25, -0.2) is 0 Å². The molecule has 2 aromatic carbocycles. The van der Waals surface area contributed by atoms with Crippen molar-refractivity contribution in [2.45, 2.75) is 78.0 Å². The van der Waals surface area contributed by atoms with Gasteiger partial charge in [0.15, 0.2) is 11.5 Å². The molecule has 6 nitrogen and oxygen atoms in total. The molecule has 0 saturated heterocycles. The van der Waals surface area contributed by atoms with Crippen molar-refractivity contribution in [3.63, 3.8) is 0 Å². The monoisotopic (exact) mass is 543 g/mol. The van der Waals surface area contributed by atoms with E-state index in [1.807, 2.05) is 20.8 Å². The Kier molecular flexibility index (Phi) is 9.68. The lowest BCUT2D eigenvalue weighted by atomic mass is 9.84. The van der Waals surface area contributed by atoms with E-state index in [0.29, 0.717) is 18.1 Å². The van der Waals surface area contributed by atoms with Crippen LogP contribution in [0.4, 0.5) is 13.2 Å². The van der Waals surface area contributed by atoms with Gasteiger partial charge in [0, 0.05) is 19.0 Å². The van der Waals surface area contributed by atoms with Gasteiger partial charge >= 0.3 is 16.3 Å². The molecular formula is C27H36F3NO5S. The van der Waals surface area contributed by atoms with Crippen LogP contribution in [0.25, 0.3) is 0 Å². The fourth-order valence-corrected chi connectivity index (χ4v) is 5.15. The maximum Gasteiger partial charge on any atom is 0.416 e. The van der Waals surface area contributed by atoms with Crippen molar-refractivity contribution in [1.82, 2.24) is 4.90 Å². The number of hydrogen-bond acceptors (Lipinski definition) is 5. The zero-order valence-corrected chi connectivity index (χ0v) is 23.2. The highest BCUT2D eigenvalue weighted by atomic mass is 32.2. The van der Waals surface area contributed by atoms with Crippen LogP contribution in [0, 0.1) is 11.3 Å². The van der Waals surface area contributed by atoms with Gasteiger partial charge in [-0.1, -0.05) is 39.8 Å². The van der Waals surface area contributed by atoms with Crippen LogP contribution in [0.3, 0.4) is 0 Å². The first-order valence-corrected chi connectivity index (χ1v) is 13.4. The number of hydrogen-bond donors (Lipinski definition) is 0. The summed E-state index contributed by atoms with van der Waals surface area (Å²) < 4.78 is 75.3. The molecule has 0 N–H and O–H groups in total. The lowest BCUT2D eigenvalue weighted by Crippen LogP contribution is -2.37. The molecule has 0 heterocycles. The van der Waals surface area contributed by atoms with Crippen molar-refractivity contribution in [2.75, 3.05) is 7.11 Å². The zero-order chi connectivity index (χ0) is 28.2. The van der Waals surface area contributed by atoms with Crippen molar-refractivity contribution < 1.29 is 35.3 Å². The third kappa shape index (κ3) is 8.94. The van der Waals surface area contributed by atoms with Crippen molar-refractivity contribution in [2.24, 2.45) is 11.3 Å². The van der Waals surface area contributed by atoms with E-state index in [0.717, 1.165) is 24.6 Å². The minimum atomic E-state index is -4.71. The number of carbonyl (C=O) groups is 1. The topological polar surface area (TPSA) is 72.9 Å². The van der Waals surface area contributed by atoms with Gasteiger partial charge in [0.1, 0.15) is 4.90 Å². The van der Waals surface area contributed by atoms with E-state index in [1.165, 1.54) is 19.2 Å². The standard InChI is InChI=1S/C27H36F3NO5S/c1-18(2)31(25(32)13-19(3)16-26(4,5)6)17-20-11-12-23(35-7)24(14-20)36-37(33,34)22-10-8-9-21(15-22)27(28,29)30/h8-12,14-15,18-19H,13,16-17H2,1-7H3/t19-/m1/s1. The quantitative estimate of drug-likeness (QED) is 0.313. The Morgan fingerprint density at radius 2 is 1.65 bits per heavy atom. The number of carbonyl (C=O) groups excluding carboxylic acids is 1. The smallest absolute Gasteiger partial charge is 0.416 e. The zero-order valence-electron chi connectivity index (χ0n) is 22.3. The molecule has 0 radical (unpaired) electrons. The van der Waals surface area contributed by atoms with Gasteiger partial charge in [-0.15, -0.1) is 0 Å². The van der Waals surface area contributed by atoms with Gasteiger partial charge in [-0.3, -0.25) is 4.79 Å². The van der Waals surface area contributed by atoms with Crippen LogP contribution >= 0.6 is 0 Å². The summed E-state index contributed by atoms with van der Waals surface area (Å²) in [6.45, 7) is 12.4. The van der Waals surface area contributed by atoms with Gasteiger partial charge in [-0.2, -0.15) is 21.6 Å². The number of amides is 1. The van der Waals surface area contributed by atoms with Crippen LogP contribution in [-0.2, 0) is 27.6 Å². The Labute approximate surface area is 217 Å². The van der Waals surface area contributed by atoms with Crippen molar-refractivity contribution >= 4 is 16.0 Å². The molecular weight excluding hydrogens is 507 g/mol. The summed E-state index contributed by atoms with van der Waals surface area (Å²) >= 11 is 0. The summed E-state index contributed by atoms with van der Waals surface area (Å²) in [5.74, 6) is 0.0536. The molecule has 0 aliphatic heterocycles. The first-order valence-electron chi connectivity index (χ1n) is 12.0. The van der Waals surface area contributed by atoms with E-state index in [4.69, 9.17) is 8.92 Å². The molecule has 37 heavy (non-hydrogen) atoms. The van der Waals surface area contributed by atoms with Crippen molar-refractivity contribution in [1.29, 1.82) is 0 Å². The summed E-state index contributed by atoms with van der Waals surface area (Å²) in [5, 5.41) is 0. The van der Waals surface area contributed by atoms with E-state index in [-0.39, 0.29) is 41.3 Å². The molecule has 0 aliphatic rings. The first kappa shape index (κ1) is 30.5. The van der Waals surface area contributed by atoms with E-state index in [1.54, 1.807) is 11.0 Å². The van der Waals surface area contributed by atoms with Crippen LogP contribution < -0.4 is 8.92 Å². The van der Waals surface area contributed by atoms with Crippen molar-refractivity contribution in [3.05, 3.63) is 53.6 Å². The first-order chi connectivity index (χ1) is 16.9. The third-order valence-corrected chi connectivity index (χ3v) is 6.89. The van der Waals surface area contributed by atoms with Gasteiger partial charge < -0.3 is 13.8 Å². The molecule has 206 valence electrons. The SMILES string of the molecule is COc1ccc(CN(C(=O)C[C@@H](C)CC(C)(C)C)C(C)C)cc1OS(=O)(=O)c1cccc(C(F)(F)F)c1. The Morgan fingerprint density at radius 1 is 1.00 bits per heavy atom. The summed E-state index contributed by atoms with van der Waals surface area (Å²) in [6, 6.07) is 7.81. The number of nitrogens with zero attached hydrogens (tertiary/aromatic N) is 1. The number of benzene rings is 2. The molecule has 0 aliphatic carbocycles. The van der Waals surface area contributed by atoms with Crippen LogP contribution in [0.15, 0.2) is 47.4 Å². The average molecular weight is 544 g/mol. The molecule has 0 fully saturated rings. The number of methoxy groups -OCH3 is 1. The highest BCUT2D eigenvalue weighted by Crippen LogP contribution is 2.34. The van der Waals surface area contributed by atoms with Crippen LogP contribution in [0.1, 0.15) is 65.5 Å². The lowest BCUT2D eigenvalue weighted by Gasteiger charge is -2.30. The summed E-state index contributed by atoms with van der Waals surface area (Å²) in [7, 11) is -3.28. The fourth-order valence-electron chi connectivity index (χ4n) is 4.17. The Hall–Kier alpha value is -2.75. The van der Waals surface area contributed by atoms with Gasteiger partial charge in [0.25, 0.3) is 0 Å². The molecule has 0 bridgehead atoms. The second kappa shape index (κ2) is 11.8. The second-order valence-corrected chi connectivity index (χ2v) is 12.3. The van der Waals surface area contributed by atoms with Crippen LogP contribution in [-0.4, -0.2) is 32.4 Å². The predicted octanol–water partition coefficient (Wildman–Crippen LogP) is 6.68. The maximum atomic E-state index is 13.1. The van der Waals surface area contributed by atoms with Crippen LogP contribution in [0.2, 0.25) is 0 Å². The van der Waals surface area contributed by atoms with E-state index in [2.05, 4.69) is 20.8 Å². The molecule has 0 unspecified atom stereocenters. The fraction of sp³-hybridized carbons (Fsp3) is 0.519. The molecule has 0 spiro atoms. The van der Waals surface area contributed by atoms with E-state index in [9.17, 15) is 26.4 Å². The van der Waals surface area contributed by atoms with Crippen molar-refractivity contribution in [3.8, 4) is 11.5 Å². The molecule has 0 aromatic heterocycles. The third-order valence-electron chi connectivity index (χ3n) is 5.66. The summed E-state index contributed by atoms with van der Waals surface area (Å²) in [4.78, 5) is 14.2. The number of halogens is 3. The summed E-state index contributed by atoms with van der Waals surface area (Å²) in [5.41, 5.74) is -0.430. The summed E-state index contributed by atoms with van der Waals surface area (Å²) in [6.07, 6.45) is -3.45.